The van der Waals surface area contributed by atoms with E-state index < -0.39 is 21.4 Å². The van der Waals surface area contributed by atoms with E-state index in [1.807, 2.05) is 43.3 Å². The fourth-order valence-corrected chi connectivity index (χ4v) is 7.95. The Labute approximate surface area is 219 Å². The van der Waals surface area contributed by atoms with Gasteiger partial charge in [-0.1, -0.05) is 36.4 Å². The number of nitrogens with zero attached hydrogens (tertiary/aromatic N) is 2. The number of sulfonamides is 1. The van der Waals surface area contributed by atoms with Crippen LogP contribution in [0.1, 0.15) is 37.3 Å². The molecule has 2 atom stereocenters. The zero-order valence-corrected chi connectivity index (χ0v) is 22.2. The van der Waals surface area contributed by atoms with Crippen molar-refractivity contribution in [2.45, 2.75) is 51.2 Å². The minimum Gasteiger partial charge on any atom is -0.507 e. The van der Waals surface area contributed by atoms with Crippen LogP contribution in [-0.4, -0.2) is 42.3 Å². The van der Waals surface area contributed by atoms with Gasteiger partial charge in [-0.15, -0.1) is 12.4 Å². The van der Waals surface area contributed by atoms with E-state index in [4.69, 9.17) is 0 Å². The summed E-state index contributed by atoms with van der Waals surface area (Å²) in [6, 6.07) is 19.8. The zero-order valence-electron chi connectivity index (χ0n) is 20.5. The van der Waals surface area contributed by atoms with Crippen molar-refractivity contribution in [1.29, 1.82) is 0 Å². The Morgan fingerprint density at radius 1 is 1.03 bits per heavy atom. The molecule has 2 saturated heterocycles. The molecule has 5 rings (SSSR count). The second kappa shape index (κ2) is 10.0. The van der Waals surface area contributed by atoms with Crippen LogP contribution in [-0.2, 0) is 16.6 Å². The Morgan fingerprint density at radius 3 is 2.53 bits per heavy atom. The minimum atomic E-state index is -3.49. The van der Waals surface area contributed by atoms with Gasteiger partial charge in [0.1, 0.15) is 11.6 Å². The average Bonchev–Trinajstić information content (AvgIpc) is 3.07. The summed E-state index contributed by atoms with van der Waals surface area (Å²) in [5, 5.41) is 10.5. The Kier molecular flexibility index (Phi) is 7.37. The van der Waals surface area contributed by atoms with Gasteiger partial charge in [0.15, 0.2) is 0 Å². The number of phenolic OH excluding ortho intramolecular Hbond substituents is 1. The third-order valence-corrected chi connectivity index (χ3v) is 9.50. The van der Waals surface area contributed by atoms with Gasteiger partial charge >= 0.3 is 0 Å². The van der Waals surface area contributed by atoms with E-state index in [9.17, 15) is 17.9 Å². The fourth-order valence-electron chi connectivity index (χ4n) is 5.85. The van der Waals surface area contributed by atoms with Gasteiger partial charge in [-0.2, -0.15) is 0 Å². The summed E-state index contributed by atoms with van der Waals surface area (Å²) in [7, 11) is -3.49. The molecule has 8 heteroatoms. The molecule has 0 unspecified atom stereocenters. The summed E-state index contributed by atoms with van der Waals surface area (Å²) < 4.78 is 41.5. The van der Waals surface area contributed by atoms with Crippen LogP contribution in [0.25, 0.3) is 11.1 Å². The van der Waals surface area contributed by atoms with Crippen molar-refractivity contribution in [3.8, 4) is 16.9 Å². The van der Waals surface area contributed by atoms with E-state index in [2.05, 4.69) is 11.8 Å². The summed E-state index contributed by atoms with van der Waals surface area (Å²) in [6.07, 6.45) is 1.93. The number of benzene rings is 3. The smallest absolute Gasteiger partial charge is 0.235 e. The lowest BCUT2D eigenvalue weighted by molar-refractivity contribution is 0.102. The van der Waals surface area contributed by atoms with E-state index >= 15 is 0 Å². The quantitative estimate of drug-likeness (QED) is 0.457. The third kappa shape index (κ3) is 4.84. The lowest BCUT2D eigenvalue weighted by atomic mass is 9.81. The largest absolute Gasteiger partial charge is 0.507 e. The van der Waals surface area contributed by atoms with Crippen LogP contribution < -0.4 is 4.31 Å². The van der Waals surface area contributed by atoms with Crippen molar-refractivity contribution in [2.24, 2.45) is 0 Å². The predicted octanol–water partition coefficient (Wildman–Crippen LogP) is 5.89. The van der Waals surface area contributed by atoms with Crippen molar-refractivity contribution < 1.29 is 17.9 Å². The number of phenols is 1. The van der Waals surface area contributed by atoms with Gasteiger partial charge in [0.2, 0.25) is 10.0 Å². The van der Waals surface area contributed by atoms with Crippen LogP contribution in [0.3, 0.4) is 0 Å². The summed E-state index contributed by atoms with van der Waals surface area (Å²) in [5.74, 6) is -0.0776. The van der Waals surface area contributed by atoms with Crippen molar-refractivity contribution in [3.63, 3.8) is 0 Å². The standard InChI is InChI=1S/C28H31FN2O3S.ClH/c1-20-6-3-4-9-25(20)26-16-22(10-11-27(26)32)19-30-14-12-28(18-21(30)2)13-15-35(33,34)31(28)24-8-5-7-23(29)17-24;/h3-11,16-17,21,32H,12-15,18-19H2,1-2H3;1H/t21-,28-;/m0./s1. The predicted molar refractivity (Wildman–Crippen MR) is 145 cm³/mol. The van der Waals surface area contributed by atoms with Crippen LogP contribution in [0.15, 0.2) is 66.7 Å². The zero-order chi connectivity index (χ0) is 24.8. The van der Waals surface area contributed by atoms with Crippen molar-refractivity contribution in [3.05, 3.63) is 83.7 Å². The molecule has 2 aliphatic heterocycles. The van der Waals surface area contributed by atoms with Gasteiger partial charge in [0.25, 0.3) is 0 Å². The molecule has 36 heavy (non-hydrogen) atoms. The van der Waals surface area contributed by atoms with E-state index in [-0.39, 0.29) is 30.0 Å². The van der Waals surface area contributed by atoms with E-state index in [1.165, 1.54) is 16.4 Å². The van der Waals surface area contributed by atoms with Crippen molar-refractivity contribution in [1.82, 2.24) is 4.90 Å². The molecule has 0 aliphatic carbocycles. The number of hydrogen-bond acceptors (Lipinski definition) is 4. The van der Waals surface area contributed by atoms with Gasteiger partial charge in [-0.25, -0.2) is 12.8 Å². The highest BCUT2D eigenvalue weighted by atomic mass is 35.5. The molecule has 0 bridgehead atoms. The second-order valence-corrected chi connectivity index (χ2v) is 11.9. The molecule has 0 aromatic heterocycles. The Morgan fingerprint density at radius 2 is 1.81 bits per heavy atom. The summed E-state index contributed by atoms with van der Waals surface area (Å²) in [5.41, 5.74) is 3.94. The van der Waals surface area contributed by atoms with Crippen molar-refractivity contribution in [2.75, 3.05) is 16.6 Å². The molecular weight excluding hydrogens is 499 g/mol. The highest BCUT2D eigenvalue weighted by Gasteiger charge is 2.52. The molecule has 1 spiro atoms. The Hall–Kier alpha value is -2.61. The number of halogens is 2. The molecule has 192 valence electrons. The topological polar surface area (TPSA) is 60.9 Å². The number of aryl methyl sites for hydroxylation is 1. The molecule has 3 aromatic rings. The maximum Gasteiger partial charge on any atom is 0.235 e. The molecule has 0 radical (unpaired) electrons. The minimum absolute atomic E-state index is 0. The van der Waals surface area contributed by atoms with Gasteiger partial charge in [0.05, 0.1) is 17.0 Å². The van der Waals surface area contributed by atoms with Gasteiger partial charge in [-0.3, -0.25) is 9.21 Å². The Bertz CT molecular complexity index is 1370. The summed E-state index contributed by atoms with van der Waals surface area (Å²) >= 11 is 0. The highest BCUT2D eigenvalue weighted by Crippen LogP contribution is 2.45. The number of rotatable bonds is 4. The molecular formula is C28H32ClFN2O3S. The molecule has 2 heterocycles. The van der Waals surface area contributed by atoms with Crippen LogP contribution >= 0.6 is 12.4 Å². The first-order valence-corrected chi connectivity index (χ1v) is 13.7. The molecule has 0 amide bonds. The van der Waals surface area contributed by atoms with Crippen molar-refractivity contribution >= 4 is 28.1 Å². The lowest BCUT2D eigenvalue weighted by Gasteiger charge is -2.47. The van der Waals surface area contributed by atoms with E-state index in [0.29, 0.717) is 31.5 Å². The van der Waals surface area contributed by atoms with Crippen LogP contribution in [0, 0.1) is 12.7 Å². The summed E-state index contributed by atoms with van der Waals surface area (Å²) in [4.78, 5) is 2.37. The normalized spacial score (nSPS) is 23.5. The molecule has 2 aliphatic rings. The first kappa shape index (κ1) is 26.5. The number of piperidine rings is 1. The molecule has 2 fully saturated rings. The highest BCUT2D eigenvalue weighted by molar-refractivity contribution is 7.93. The maximum absolute atomic E-state index is 14.0. The van der Waals surface area contributed by atoms with Crippen LogP contribution in [0.5, 0.6) is 5.75 Å². The molecule has 3 aromatic carbocycles. The lowest BCUT2D eigenvalue weighted by Crippen LogP contribution is -2.56. The van der Waals surface area contributed by atoms with Gasteiger partial charge < -0.3 is 5.11 Å². The van der Waals surface area contributed by atoms with Gasteiger partial charge in [-0.05, 0) is 80.1 Å². The molecule has 0 saturated carbocycles. The Balaban J connectivity index is 0.00000304. The van der Waals surface area contributed by atoms with Gasteiger partial charge in [0, 0.05) is 24.7 Å². The van der Waals surface area contributed by atoms with Crippen LogP contribution in [0.2, 0.25) is 0 Å². The molecule has 5 nitrogen and oxygen atoms in total. The first-order valence-electron chi connectivity index (χ1n) is 12.1. The maximum atomic E-state index is 14.0. The number of anilines is 1. The third-order valence-electron chi connectivity index (χ3n) is 7.62. The SMILES string of the molecule is Cc1ccccc1-c1cc(CN2CC[C@]3(CCS(=O)(=O)N3c3cccc(F)c3)C[C@@H]2C)ccc1O.Cl. The average molecular weight is 531 g/mol. The summed E-state index contributed by atoms with van der Waals surface area (Å²) in [6.45, 7) is 5.62. The number of aromatic hydroxyl groups is 1. The van der Waals surface area contributed by atoms with E-state index in [1.54, 1.807) is 18.2 Å². The fraction of sp³-hybridized carbons (Fsp3) is 0.357. The second-order valence-electron chi connectivity index (χ2n) is 9.97. The van der Waals surface area contributed by atoms with Crippen LogP contribution in [0.4, 0.5) is 10.1 Å². The number of hydrogen-bond donors (Lipinski definition) is 1. The monoisotopic (exact) mass is 530 g/mol. The van der Waals surface area contributed by atoms with E-state index in [0.717, 1.165) is 28.8 Å². The number of likely N-dealkylation sites (tertiary alicyclic amines) is 1. The first-order chi connectivity index (χ1) is 16.7. The molecule has 1 N–H and O–H groups in total.